The molecular weight excluding hydrogens is 290 g/mol. The van der Waals surface area contributed by atoms with E-state index in [1.165, 1.54) is 5.57 Å². The third-order valence-electron chi connectivity index (χ3n) is 4.28. The summed E-state index contributed by atoms with van der Waals surface area (Å²) >= 11 is 0. The number of aromatic nitrogens is 1. The zero-order valence-corrected chi connectivity index (χ0v) is 13.7. The van der Waals surface area contributed by atoms with Crippen LogP contribution in [-0.2, 0) is 4.74 Å². The Hall–Kier alpha value is -2.35. The molecule has 1 aliphatic heterocycles. The predicted octanol–water partition coefficient (Wildman–Crippen LogP) is 3.22. The molecule has 1 aromatic rings. The van der Waals surface area contributed by atoms with Crippen molar-refractivity contribution in [1.29, 1.82) is 5.26 Å². The van der Waals surface area contributed by atoms with Gasteiger partial charge >= 0.3 is 6.09 Å². The highest BCUT2D eigenvalue weighted by atomic mass is 16.6. The first-order valence-corrected chi connectivity index (χ1v) is 7.90. The van der Waals surface area contributed by atoms with Crippen LogP contribution < -0.4 is 0 Å². The number of allylic oxidation sites excluding steroid dienone is 1. The molecule has 5 nitrogen and oxygen atoms in total. The normalized spacial score (nSPS) is 23.2. The Morgan fingerprint density at radius 1 is 1.39 bits per heavy atom. The smallest absolute Gasteiger partial charge is 0.410 e. The summed E-state index contributed by atoms with van der Waals surface area (Å²) in [6.45, 7) is 7.08. The Morgan fingerprint density at radius 3 is 2.83 bits per heavy atom. The lowest BCUT2D eigenvalue weighted by Crippen LogP contribution is -2.35. The molecule has 120 valence electrons. The van der Waals surface area contributed by atoms with Gasteiger partial charge in [0.2, 0.25) is 0 Å². The van der Waals surface area contributed by atoms with Crippen molar-refractivity contribution in [1.82, 2.24) is 9.88 Å². The second-order valence-electron chi connectivity index (χ2n) is 7.28. The van der Waals surface area contributed by atoms with E-state index in [4.69, 9.17) is 10.00 Å². The minimum absolute atomic E-state index is 0.227. The lowest BCUT2D eigenvalue weighted by molar-refractivity contribution is 0.0285. The number of rotatable bonds is 1. The van der Waals surface area contributed by atoms with Gasteiger partial charge in [0.1, 0.15) is 11.7 Å². The highest BCUT2D eigenvalue weighted by molar-refractivity contribution is 5.72. The van der Waals surface area contributed by atoms with Gasteiger partial charge in [0.25, 0.3) is 0 Å². The van der Waals surface area contributed by atoms with Gasteiger partial charge in [-0.1, -0.05) is 6.08 Å². The molecule has 0 unspecified atom stereocenters. The van der Waals surface area contributed by atoms with Crippen molar-refractivity contribution in [3.8, 4) is 6.07 Å². The number of carbonyl (C=O) groups is 1. The monoisotopic (exact) mass is 311 g/mol. The molecule has 2 aliphatic rings. The number of nitriles is 1. The van der Waals surface area contributed by atoms with E-state index in [0.29, 0.717) is 23.9 Å². The number of hydrogen-bond donors (Lipinski definition) is 0. The van der Waals surface area contributed by atoms with E-state index in [9.17, 15) is 4.79 Å². The maximum atomic E-state index is 12.2. The van der Waals surface area contributed by atoms with Crippen LogP contribution in [0.2, 0.25) is 0 Å². The van der Waals surface area contributed by atoms with Crippen molar-refractivity contribution in [3.05, 3.63) is 35.7 Å². The zero-order valence-electron chi connectivity index (χ0n) is 13.7. The minimum Gasteiger partial charge on any atom is -0.444 e. The summed E-state index contributed by atoms with van der Waals surface area (Å²) in [4.78, 5) is 18.1. The number of likely N-dealkylation sites (tertiary alicyclic amines) is 1. The molecule has 23 heavy (non-hydrogen) atoms. The molecule has 0 N–H and O–H groups in total. The molecule has 0 radical (unpaired) electrons. The molecule has 0 aromatic carbocycles. The number of pyridine rings is 1. The van der Waals surface area contributed by atoms with Crippen molar-refractivity contribution < 1.29 is 9.53 Å². The molecular formula is C18H21N3O2. The number of hydrogen-bond acceptors (Lipinski definition) is 4. The molecule has 5 heteroatoms. The highest BCUT2D eigenvalue weighted by Crippen LogP contribution is 2.41. The summed E-state index contributed by atoms with van der Waals surface area (Å²) in [6, 6.07) is 4.01. The van der Waals surface area contributed by atoms with Crippen LogP contribution in [-0.4, -0.2) is 34.7 Å². The molecule has 1 saturated heterocycles. The fourth-order valence-electron chi connectivity index (χ4n) is 3.28. The summed E-state index contributed by atoms with van der Waals surface area (Å²) in [7, 11) is 0. The molecule has 3 rings (SSSR count). The third-order valence-corrected chi connectivity index (χ3v) is 4.28. The molecule has 1 aromatic heterocycles. The molecule has 0 bridgehead atoms. The third kappa shape index (κ3) is 3.37. The first-order chi connectivity index (χ1) is 10.9. The topological polar surface area (TPSA) is 66.2 Å². The summed E-state index contributed by atoms with van der Waals surface area (Å²) in [6.07, 6.45) is 6.30. The van der Waals surface area contributed by atoms with Crippen LogP contribution in [0.15, 0.2) is 24.5 Å². The average Bonchev–Trinajstić information content (AvgIpc) is 3.04. The maximum Gasteiger partial charge on any atom is 0.410 e. The van der Waals surface area contributed by atoms with Gasteiger partial charge in [0.15, 0.2) is 0 Å². The Balaban J connectivity index is 1.69. The fraction of sp³-hybridized carbons (Fsp3) is 0.500. The Kier molecular flexibility index (Phi) is 3.85. The van der Waals surface area contributed by atoms with Crippen LogP contribution >= 0.6 is 0 Å². The van der Waals surface area contributed by atoms with Gasteiger partial charge in [-0.2, -0.15) is 5.26 Å². The summed E-state index contributed by atoms with van der Waals surface area (Å²) in [5.74, 6) is 0.798. The predicted molar refractivity (Wildman–Crippen MR) is 86.3 cm³/mol. The van der Waals surface area contributed by atoms with Crippen LogP contribution in [0.25, 0.3) is 5.57 Å². The number of nitrogens with zero attached hydrogens (tertiary/aromatic N) is 3. The van der Waals surface area contributed by atoms with Crippen molar-refractivity contribution in [2.45, 2.75) is 32.8 Å². The number of ether oxygens (including phenoxy) is 1. The van der Waals surface area contributed by atoms with Gasteiger partial charge in [-0.3, -0.25) is 4.98 Å². The average molecular weight is 311 g/mol. The van der Waals surface area contributed by atoms with Gasteiger partial charge in [-0.05, 0) is 56.2 Å². The summed E-state index contributed by atoms with van der Waals surface area (Å²) < 4.78 is 5.45. The van der Waals surface area contributed by atoms with Crippen molar-refractivity contribution in [2.75, 3.05) is 13.1 Å². The van der Waals surface area contributed by atoms with E-state index in [2.05, 4.69) is 17.1 Å². The van der Waals surface area contributed by atoms with Gasteiger partial charge < -0.3 is 9.64 Å². The highest BCUT2D eigenvalue weighted by Gasteiger charge is 2.39. The molecule has 2 heterocycles. The fourth-order valence-corrected chi connectivity index (χ4v) is 3.28. The number of carbonyl (C=O) groups excluding carboxylic acids is 1. The van der Waals surface area contributed by atoms with Gasteiger partial charge in [0, 0.05) is 25.5 Å². The van der Waals surface area contributed by atoms with E-state index in [1.807, 2.05) is 26.8 Å². The molecule has 2 atom stereocenters. The zero-order chi connectivity index (χ0) is 16.6. The van der Waals surface area contributed by atoms with E-state index in [1.54, 1.807) is 17.3 Å². The Labute approximate surface area is 136 Å². The lowest BCUT2D eigenvalue weighted by Gasteiger charge is -2.24. The van der Waals surface area contributed by atoms with E-state index >= 15 is 0 Å². The van der Waals surface area contributed by atoms with Crippen LogP contribution in [0.5, 0.6) is 0 Å². The van der Waals surface area contributed by atoms with Gasteiger partial charge in [0.05, 0.1) is 5.56 Å². The molecule has 1 aliphatic carbocycles. The van der Waals surface area contributed by atoms with Gasteiger partial charge in [-0.25, -0.2) is 4.79 Å². The second-order valence-corrected chi connectivity index (χ2v) is 7.28. The quantitative estimate of drug-likeness (QED) is 0.798. The van der Waals surface area contributed by atoms with E-state index in [-0.39, 0.29) is 6.09 Å². The number of amides is 1. The Bertz CT molecular complexity index is 697. The molecule has 0 saturated carbocycles. The molecule has 1 fully saturated rings. The standard InChI is InChI=1S/C18H21N3O2/c1-18(2,3)23-17(22)21-10-15-5-13(6-16(15)11-21)14-4-12(7-19)8-20-9-14/h4-5,8-9,15-16H,6,10-11H2,1-3H3/t15-,16+/m1/s1. The lowest BCUT2D eigenvalue weighted by atomic mass is 9.98. The van der Waals surface area contributed by atoms with Crippen LogP contribution in [0.4, 0.5) is 4.79 Å². The van der Waals surface area contributed by atoms with Crippen molar-refractivity contribution in [2.24, 2.45) is 11.8 Å². The largest absolute Gasteiger partial charge is 0.444 e. The van der Waals surface area contributed by atoms with Crippen molar-refractivity contribution in [3.63, 3.8) is 0 Å². The molecule has 0 spiro atoms. The first-order valence-electron chi connectivity index (χ1n) is 7.90. The maximum absolute atomic E-state index is 12.2. The summed E-state index contributed by atoms with van der Waals surface area (Å²) in [5.41, 5.74) is 2.37. The van der Waals surface area contributed by atoms with E-state index in [0.717, 1.165) is 18.5 Å². The van der Waals surface area contributed by atoms with Gasteiger partial charge in [-0.15, -0.1) is 0 Å². The SMILES string of the molecule is CC(C)(C)OC(=O)N1C[C@@H]2CC(c3cncc(C#N)c3)=C[C@@H]2C1. The minimum atomic E-state index is -0.459. The van der Waals surface area contributed by atoms with E-state index < -0.39 is 5.60 Å². The Morgan fingerprint density at radius 2 is 2.17 bits per heavy atom. The number of fused-ring (bicyclic) bond motifs is 1. The van der Waals surface area contributed by atoms with Crippen LogP contribution in [0.1, 0.15) is 38.3 Å². The molecule has 1 amide bonds. The van der Waals surface area contributed by atoms with Crippen LogP contribution in [0, 0.1) is 23.2 Å². The summed E-state index contributed by atoms with van der Waals surface area (Å²) in [5, 5.41) is 8.99. The van der Waals surface area contributed by atoms with Crippen LogP contribution in [0.3, 0.4) is 0 Å². The van der Waals surface area contributed by atoms with Crippen molar-refractivity contribution >= 4 is 11.7 Å². The second kappa shape index (κ2) is 5.69. The first kappa shape index (κ1) is 15.5.